The van der Waals surface area contributed by atoms with E-state index in [2.05, 4.69) is 32.1 Å². The van der Waals surface area contributed by atoms with E-state index < -0.39 is 17.5 Å². The number of rotatable bonds is 2. The van der Waals surface area contributed by atoms with Gasteiger partial charge in [0, 0.05) is 35.9 Å². The van der Waals surface area contributed by atoms with Crippen LogP contribution in [0.4, 0.5) is 10.5 Å². The molecule has 30 heavy (non-hydrogen) atoms. The summed E-state index contributed by atoms with van der Waals surface area (Å²) in [6.45, 7) is 3.16. The maximum absolute atomic E-state index is 12.4. The molecule has 0 radical (unpaired) electrons. The van der Waals surface area contributed by atoms with Crippen LogP contribution < -0.4 is 20.5 Å². The van der Waals surface area contributed by atoms with Gasteiger partial charge in [0.2, 0.25) is 5.75 Å². The molecule has 0 spiro atoms. The van der Waals surface area contributed by atoms with E-state index in [0.29, 0.717) is 29.6 Å². The molecule has 5 rings (SSSR count). The van der Waals surface area contributed by atoms with Crippen LogP contribution in [0.5, 0.6) is 11.5 Å². The summed E-state index contributed by atoms with van der Waals surface area (Å²) in [4.78, 5) is 28.4. The van der Waals surface area contributed by atoms with Crippen LogP contribution in [0.3, 0.4) is 0 Å². The second kappa shape index (κ2) is 7.36. The molecule has 2 fully saturated rings. The van der Waals surface area contributed by atoms with Crippen LogP contribution in [0, 0.1) is 5.92 Å². The van der Waals surface area contributed by atoms with Crippen LogP contribution in [0.15, 0.2) is 23.0 Å². The number of aromatic nitrogens is 1. The number of fused-ring (bicyclic) bond motifs is 4. The van der Waals surface area contributed by atoms with Gasteiger partial charge in [0.05, 0.1) is 5.69 Å². The highest BCUT2D eigenvalue weighted by molar-refractivity contribution is 5.75. The summed E-state index contributed by atoms with van der Waals surface area (Å²) >= 11 is 0. The lowest BCUT2D eigenvalue weighted by atomic mass is 9.94. The van der Waals surface area contributed by atoms with Gasteiger partial charge in [-0.2, -0.15) is 0 Å². The zero-order valence-corrected chi connectivity index (χ0v) is 16.6. The summed E-state index contributed by atoms with van der Waals surface area (Å²) in [5, 5.41) is 23.0. The Balaban J connectivity index is 1.51. The molecule has 0 saturated carbocycles. The number of ether oxygens (including phenoxy) is 1. The lowest BCUT2D eigenvalue weighted by Crippen LogP contribution is -2.40. The van der Waals surface area contributed by atoms with Crippen molar-refractivity contribution in [1.29, 1.82) is 0 Å². The van der Waals surface area contributed by atoms with Crippen molar-refractivity contribution in [2.24, 2.45) is 5.92 Å². The molecule has 0 amide bonds. The number of benzene rings is 1. The van der Waals surface area contributed by atoms with Gasteiger partial charge in [-0.1, -0.05) is 6.07 Å². The number of piperidine rings is 1. The number of H-pyrrole nitrogens is 1. The van der Waals surface area contributed by atoms with Gasteiger partial charge in [0.15, 0.2) is 5.75 Å². The van der Waals surface area contributed by atoms with Crippen LogP contribution in [0.2, 0.25) is 0 Å². The number of pyridine rings is 1. The molecule has 1 aromatic carbocycles. The predicted molar refractivity (Wildman–Crippen MR) is 112 cm³/mol. The molecule has 3 aliphatic rings. The summed E-state index contributed by atoms with van der Waals surface area (Å²) in [5.74, 6) is -0.254. The predicted octanol–water partition coefficient (Wildman–Crippen LogP) is 2.48. The summed E-state index contributed by atoms with van der Waals surface area (Å²) in [6.07, 6.45) is 3.00. The Labute approximate surface area is 173 Å². The summed E-state index contributed by atoms with van der Waals surface area (Å²) < 4.78 is 4.51. The second-order valence-electron chi connectivity index (χ2n) is 8.42. The zero-order valence-electron chi connectivity index (χ0n) is 16.6. The molecule has 2 aliphatic heterocycles. The largest absolute Gasteiger partial charge is 0.511 e. The van der Waals surface area contributed by atoms with Gasteiger partial charge in [0.25, 0.3) is 5.56 Å². The van der Waals surface area contributed by atoms with Gasteiger partial charge >= 0.3 is 6.16 Å². The Hall–Kier alpha value is -3.00. The van der Waals surface area contributed by atoms with Crippen LogP contribution in [0.1, 0.15) is 30.4 Å². The Bertz CT molecular complexity index is 1050. The average Bonchev–Trinajstić information content (AvgIpc) is 3.08. The number of aromatic hydroxyl groups is 1. The number of nitrogens with one attached hydrogen (secondary N) is 2. The number of hydrogen-bond donors (Lipinski definition) is 4. The highest BCUT2D eigenvalue weighted by atomic mass is 16.7. The molecule has 2 aromatic rings. The first kappa shape index (κ1) is 19.0. The molecular weight excluding hydrogens is 386 g/mol. The minimum absolute atomic E-state index is 0.386. The van der Waals surface area contributed by atoms with E-state index in [-0.39, 0.29) is 5.75 Å². The van der Waals surface area contributed by atoms with E-state index in [0.717, 1.165) is 43.6 Å². The van der Waals surface area contributed by atoms with Crippen molar-refractivity contribution in [1.82, 2.24) is 10.3 Å². The molecule has 3 heterocycles. The van der Waals surface area contributed by atoms with Crippen LogP contribution in [0.25, 0.3) is 11.3 Å². The summed E-state index contributed by atoms with van der Waals surface area (Å²) in [6, 6.07) is 6.82. The third-order valence-corrected chi connectivity index (χ3v) is 6.63. The molecule has 0 bridgehead atoms. The van der Waals surface area contributed by atoms with E-state index in [1.165, 1.54) is 18.5 Å². The van der Waals surface area contributed by atoms with Crippen molar-refractivity contribution in [2.45, 2.75) is 38.1 Å². The minimum atomic E-state index is -1.63. The quantitative estimate of drug-likeness (QED) is 0.561. The zero-order chi connectivity index (χ0) is 20.8. The van der Waals surface area contributed by atoms with Gasteiger partial charge in [0.1, 0.15) is 0 Å². The number of nitrogens with zero attached hydrogens (tertiary/aromatic N) is 1. The van der Waals surface area contributed by atoms with Crippen molar-refractivity contribution in [3.8, 4) is 22.8 Å². The van der Waals surface area contributed by atoms with Gasteiger partial charge in [-0.25, -0.2) is 4.79 Å². The molecule has 2 atom stereocenters. The van der Waals surface area contributed by atoms with Crippen molar-refractivity contribution >= 4 is 11.8 Å². The Morgan fingerprint density at radius 2 is 2.07 bits per heavy atom. The smallest absolute Gasteiger partial charge is 0.504 e. The summed E-state index contributed by atoms with van der Waals surface area (Å²) in [7, 11) is 0. The maximum Gasteiger partial charge on any atom is 0.511 e. The Morgan fingerprint density at radius 1 is 1.20 bits per heavy atom. The monoisotopic (exact) mass is 411 g/mol. The SMILES string of the molecule is O=C(O)Oc1c(O)c2c([nH]c1=O)-c1ccc(N3C[C@H]4CCCN[C@H]4C3)cc1CCC2. The van der Waals surface area contributed by atoms with Crippen molar-refractivity contribution < 1.29 is 19.7 Å². The Kier molecular flexibility index (Phi) is 4.66. The number of aromatic amines is 1. The fourth-order valence-corrected chi connectivity index (χ4v) is 5.20. The first-order valence-electron chi connectivity index (χ1n) is 10.5. The topological polar surface area (TPSA) is 115 Å². The molecule has 2 saturated heterocycles. The maximum atomic E-state index is 12.4. The van der Waals surface area contributed by atoms with Gasteiger partial charge in [-0.3, -0.25) is 4.79 Å². The van der Waals surface area contributed by atoms with E-state index in [1.807, 2.05) is 6.07 Å². The molecular formula is C22H25N3O5. The lowest BCUT2D eigenvalue weighted by molar-refractivity contribution is 0.142. The number of carboxylic acid groups (broad SMARTS) is 1. The third-order valence-electron chi connectivity index (χ3n) is 6.63. The lowest BCUT2D eigenvalue weighted by Gasteiger charge is -2.24. The van der Waals surface area contributed by atoms with E-state index in [1.54, 1.807) is 0 Å². The highest BCUT2D eigenvalue weighted by Gasteiger charge is 2.34. The van der Waals surface area contributed by atoms with Crippen molar-refractivity contribution in [3.05, 3.63) is 39.7 Å². The van der Waals surface area contributed by atoms with Crippen molar-refractivity contribution in [2.75, 3.05) is 24.5 Å². The summed E-state index contributed by atoms with van der Waals surface area (Å²) in [5.41, 5.74) is 3.50. The van der Waals surface area contributed by atoms with E-state index in [4.69, 9.17) is 5.11 Å². The number of aryl methyl sites for hydroxylation is 1. The van der Waals surface area contributed by atoms with Gasteiger partial charge in [-0.15, -0.1) is 0 Å². The second-order valence-corrected chi connectivity index (χ2v) is 8.42. The normalized spacial score (nSPS) is 22.6. The van der Waals surface area contributed by atoms with E-state index in [9.17, 15) is 14.7 Å². The first-order chi connectivity index (χ1) is 14.5. The van der Waals surface area contributed by atoms with Crippen LogP contribution in [-0.4, -0.2) is 47.0 Å². The molecule has 1 aliphatic carbocycles. The molecule has 8 nitrogen and oxygen atoms in total. The Morgan fingerprint density at radius 3 is 2.87 bits per heavy atom. The van der Waals surface area contributed by atoms with Crippen LogP contribution in [-0.2, 0) is 12.8 Å². The van der Waals surface area contributed by atoms with Gasteiger partial charge in [-0.05, 0) is 62.3 Å². The fourth-order valence-electron chi connectivity index (χ4n) is 5.20. The minimum Gasteiger partial charge on any atom is -0.504 e. The molecule has 0 unspecified atom stereocenters. The number of hydrogen-bond acceptors (Lipinski definition) is 6. The van der Waals surface area contributed by atoms with E-state index >= 15 is 0 Å². The van der Waals surface area contributed by atoms with Crippen molar-refractivity contribution in [3.63, 3.8) is 0 Å². The number of anilines is 1. The molecule has 4 N–H and O–H groups in total. The molecule has 1 aromatic heterocycles. The first-order valence-corrected chi connectivity index (χ1v) is 10.5. The molecule has 8 heteroatoms. The van der Waals surface area contributed by atoms with Gasteiger partial charge < -0.3 is 30.2 Å². The molecule has 158 valence electrons. The fraction of sp³-hybridized carbons (Fsp3) is 0.455. The average molecular weight is 411 g/mol. The number of carbonyl (C=O) groups is 1. The highest BCUT2D eigenvalue weighted by Crippen LogP contribution is 2.40. The van der Waals surface area contributed by atoms with Crippen LogP contribution >= 0.6 is 0 Å². The third kappa shape index (κ3) is 3.21. The standard InChI is InChI=1S/C22H25N3O5/c26-19-16-5-1-3-12-9-14(25-10-13-4-2-8-23-17(13)11-25)6-7-15(12)18(16)24-21(27)20(19)30-22(28)29/h6-7,9,13,17,23H,1-5,8,10-11H2,(H,28,29)(H2,24,26,27)/t13-,17+/m1/s1.